The molecule has 0 saturated heterocycles. The van der Waals surface area contributed by atoms with E-state index >= 15 is 0 Å². The van der Waals surface area contributed by atoms with Crippen molar-refractivity contribution < 1.29 is 13.2 Å². The van der Waals surface area contributed by atoms with Gasteiger partial charge in [0.1, 0.15) is 0 Å². The van der Waals surface area contributed by atoms with Crippen LogP contribution in [-0.2, 0) is 10.0 Å². The zero-order chi connectivity index (χ0) is 25.0. The first-order chi connectivity index (χ1) is 16.0. The number of anilines is 1. The highest BCUT2D eigenvalue weighted by atomic mass is 32.2. The largest absolute Gasteiger partial charge is 0.298 e. The molecule has 3 aromatic rings. The number of hydrogen-bond donors (Lipinski definition) is 1. The normalized spacial score (nSPS) is 12.0. The Bertz CT molecular complexity index is 1240. The summed E-state index contributed by atoms with van der Waals surface area (Å²) >= 11 is 1.36. The lowest BCUT2D eigenvalue weighted by molar-refractivity contribution is 0.102. The second-order valence-corrected chi connectivity index (χ2v) is 12.2. The smallest absolute Gasteiger partial charge is 0.257 e. The Morgan fingerprint density at radius 2 is 1.62 bits per heavy atom. The van der Waals surface area contributed by atoms with Crippen molar-refractivity contribution >= 4 is 32.4 Å². The predicted molar refractivity (Wildman–Crippen MR) is 140 cm³/mol. The molecule has 2 aromatic carbocycles. The molecule has 1 amide bonds. The Kier molecular flexibility index (Phi) is 8.28. The van der Waals surface area contributed by atoms with Gasteiger partial charge in [0, 0.05) is 29.6 Å². The third-order valence-electron chi connectivity index (χ3n) is 5.29. The second-order valence-electron chi connectivity index (χ2n) is 9.44. The SMILES string of the molecule is Cc1ccc(C)c(-c2csc(NC(=O)c3ccc(S(=O)(=O)N(CC(C)C)CC(C)C)cc3)n2)c1. The lowest BCUT2D eigenvalue weighted by atomic mass is 10.0. The topological polar surface area (TPSA) is 79.4 Å². The van der Waals surface area contributed by atoms with Crippen molar-refractivity contribution in [3.8, 4) is 11.3 Å². The summed E-state index contributed by atoms with van der Waals surface area (Å²) in [4.78, 5) is 17.5. The van der Waals surface area contributed by atoms with Gasteiger partial charge < -0.3 is 0 Å². The molecule has 0 spiro atoms. The van der Waals surface area contributed by atoms with Gasteiger partial charge in [0.05, 0.1) is 10.6 Å². The third-order valence-corrected chi connectivity index (χ3v) is 7.89. The average Bonchev–Trinajstić information content (AvgIpc) is 3.22. The minimum absolute atomic E-state index is 0.191. The molecule has 0 aliphatic rings. The first kappa shape index (κ1) is 26.1. The van der Waals surface area contributed by atoms with Gasteiger partial charge in [0.2, 0.25) is 10.0 Å². The average molecular weight is 500 g/mol. The van der Waals surface area contributed by atoms with Gasteiger partial charge in [-0.3, -0.25) is 10.1 Å². The molecule has 8 heteroatoms. The molecule has 6 nitrogen and oxygen atoms in total. The molecule has 0 atom stereocenters. The van der Waals surface area contributed by atoms with Gasteiger partial charge in [0.25, 0.3) is 5.91 Å². The van der Waals surface area contributed by atoms with Gasteiger partial charge in [-0.1, -0.05) is 45.4 Å². The lowest BCUT2D eigenvalue weighted by Gasteiger charge is -2.25. The number of aryl methyl sites for hydroxylation is 2. The fourth-order valence-corrected chi connectivity index (χ4v) is 6.12. The first-order valence-corrected chi connectivity index (χ1v) is 13.7. The van der Waals surface area contributed by atoms with Crippen molar-refractivity contribution in [1.82, 2.24) is 9.29 Å². The highest BCUT2D eigenvalue weighted by Crippen LogP contribution is 2.28. The zero-order valence-electron chi connectivity index (χ0n) is 20.6. The number of aromatic nitrogens is 1. The molecular weight excluding hydrogens is 466 g/mol. The summed E-state index contributed by atoms with van der Waals surface area (Å²) in [6, 6.07) is 12.3. The van der Waals surface area contributed by atoms with E-state index in [9.17, 15) is 13.2 Å². The molecule has 182 valence electrons. The maximum Gasteiger partial charge on any atom is 0.257 e. The van der Waals surface area contributed by atoms with Gasteiger partial charge in [-0.25, -0.2) is 13.4 Å². The van der Waals surface area contributed by atoms with Crippen LogP contribution in [0.5, 0.6) is 0 Å². The van der Waals surface area contributed by atoms with Gasteiger partial charge in [-0.2, -0.15) is 4.31 Å². The van der Waals surface area contributed by atoms with E-state index in [1.165, 1.54) is 27.8 Å². The number of benzene rings is 2. The fourth-order valence-electron chi connectivity index (χ4n) is 3.65. The van der Waals surface area contributed by atoms with E-state index in [1.54, 1.807) is 12.1 Å². The number of carbonyl (C=O) groups excluding carboxylic acids is 1. The second kappa shape index (κ2) is 10.8. The number of nitrogens with zero attached hydrogens (tertiary/aromatic N) is 2. The minimum Gasteiger partial charge on any atom is -0.298 e. The van der Waals surface area contributed by atoms with Crippen LogP contribution in [0.4, 0.5) is 5.13 Å². The minimum atomic E-state index is -3.64. The molecule has 0 aliphatic carbocycles. The van der Waals surface area contributed by atoms with Crippen molar-refractivity contribution in [1.29, 1.82) is 0 Å². The van der Waals surface area contributed by atoms with Crippen molar-refractivity contribution in [3.05, 3.63) is 64.5 Å². The molecule has 0 unspecified atom stereocenters. The predicted octanol–water partition coefficient (Wildman–Crippen LogP) is 5.98. The van der Waals surface area contributed by atoms with Crippen LogP contribution < -0.4 is 5.32 Å². The Hall–Kier alpha value is -2.55. The highest BCUT2D eigenvalue weighted by Gasteiger charge is 2.26. The van der Waals surface area contributed by atoms with E-state index in [0.29, 0.717) is 23.8 Å². The maximum absolute atomic E-state index is 13.2. The molecule has 0 aliphatic heterocycles. The number of carbonyl (C=O) groups is 1. The number of nitrogens with one attached hydrogen (secondary N) is 1. The zero-order valence-corrected chi connectivity index (χ0v) is 22.3. The Balaban J connectivity index is 1.75. The molecule has 0 fully saturated rings. The highest BCUT2D eigenvalue weighted by molar-refractivity contribution is 7.89. The van der Waals surface area contributed by atoms with Crippen LogP contribution in [0.2, 0.25) is 0 Å². The summed E-state index contributed by atoms with van der Waals surface area (Å²) in [5.41, 5.74) is 4.50. The van der Waals surface area contributed by atoms with Crippen molar-refractivity contribution in [3.63, 3.8) is 0 Å². The number of amides is 1. The number of rotatable bonds is 9. The number of sulfonamides is 1. The van der Waals surface area contributed by atoms with Crippen molar-refractivity contribution in [2.75, 3.05) is 18.4 Å². The molecule has 34 heavy (non-hydrogen) atoms. The molecule has 1 heterocycles. The molecule has 3 rings (SSSR count). The fraction of sp³-hybridized carbons (Fsp3) is 0.385. The summed E-state index contributed by atoms with van der Waals surface area (Å²) in [6.07, 6.45) is 0. The maximum atomic E-state index is 13.2. The lowest BCUT2D eigenvalue weighted by Crippen LogP contribution is -2.37. The van der Waals surface area contributed by atoms with Crippen LogP contribution in [0.1, 0.15) is 49.2 Å². The quantitative estimate of drug-likeness (QED) is 0.393. The van der Waals surface area contributed by atoms with Crippen LogP contribution >= 0.6 is 11.3 Å². The number of hydrogen-bond acceptors (Lipinski definition) is 5. The molecule has 0 bridgehead atoms. The standard InChI is InChI=1S/C26H33N3O3S2/c1-17(2)14-29(15-18(3)4)34(31,32)22-11-9-21(10-12-22)25(30)28-26-27-24(16-33-26)23-13-19(5)7-8-20(23)6/h7-13,16-18H,14-15H2,1-6H3,(H,27,28,30). The van der Waals surface area contributed by atoms with E-state index < -0.39 is 10.0 Å². The van der Waals surface area contributed by atoms with Gasteiger partial charge in [-0.05, 0) is 61.6 Å². The molecule has 0 radical (unpaired) electrons. The van der Waals surface area contributed by atoms with Gasteiger partial charge in [-0.15, -0.1) is 11.3 Å². The molecule has 0 saturated carbocycles. The summed E-state index contributed by atoms with van der Waals surface area (Å²) < 4.78 is 27.9. The summed E-state index contributed by atoms with van der Waals surface area (Å²) in [7, 11) is -3.64. The monoisotopic (exact) mass is 499 g/mol. The molecular formula is C26H33N3O3S2. The van der Waals surface area contributed by atoms with Crippen molar-refractivity contribution in [2.24, 2.45) is 11.8 Å². The first-order valence-electron chi connectivity index (χ1n) is 11.4. The Labute approximate surface area is 207 Å². The summed E-state index contributed by atoms with van der Waals surface area (Å²) in [6.45, 7) is 13.0. The van der Waals surface area contributed by atoms with Gasteiger partial charge >= 0.3 is 0 Å². The molecule has 1 N–H and O–H groups in total. The van der Waals surface area contributed by atoms with Crippen LogP contribution in [0.25, 0.3) is 11.3 Å². The van der Waals surface area contributed by atoms with E-state index in [2.05, 4.69) is 28.5 Å². The van der Waals surface area contributed by atoms with E-state index in [4.69, 9.17) is 0 Å². The Morgan fingerprint density at radius 3 is 2.21 bits per heavy atom. The van der Waals surface area contributed by atoms with Crippen LogP contribution in [0, 0.1) is 25.7 Å². The van der Waals surface area contributed by atoms with Crippen LogP contribution in [0.15, 0.2) is 52.7 Å². The van der Waals surface area contributed by atoms with E-state index in [0.717, 1.165) is 22.4 Å². The summed E-state index contributed by atoms with van der Waals surface area (Å²) in [5.74, 6) is 0.0998. The van der Waals surface area contributed by atoms with E-state index in [1.807, 2.05) is 46.9 Å². The molecule has 1 aromatic heterocycles. The Morgan fingerprint density at radius 1 is 1.00 bits per heavy atom. The van der Waals surface area contributed by atoms with Crippen LogP contribution in [0.3, 0.4) is 0 Å². The van der Waals surface area contributed by atoms with Crippen LogP contribution in [-0.4, -0.2) is 36.7 Å². The number of thiazole rings is 1. The van der Waals surface area contributed by atoms with Gasteiger partial charge in [0.15, 0.2) is 5.13 Å². The third kappa shape index (κ3) is 6.31. The summed E-state index contributed by atoms with van der Waals surface area (Å²) in [5, 5.41) is 5.24. The van der Waals surface area contributed by atoms with E-state index in [-0.39, 0.29) is 22.6 Å². The van der Waals surface area contributed by atoms with Crippen molar-refractivity contribution in [2.45, 2.75) is 46.4 Å².